The molecule has 39 heavy (non-hydrogen) atoms. The second-order valence-corrected chi connectivity index (χ2v) is 10.3. The molecule has 12 nitrogen and oxygen atoms in total. The Kier molecular flexibility index (Phi) is 8.13. The van der Waals surface area contributed by atoms with Crippen LogP contribution in [0.15, 0.2) is 65.6 Å². The Bertz CT molecular complexity index is 1510. The maximum atomic E-state index is 13.7. The molecule has 0 bridgehead atoms. The Hall–Kier alpha value is -3.69. The van der Waals surface area contributed by atoms with Crippen LogP contribution in [-0.2, 0) is 10.1 Å². The largest absolute Gasteiger partial charge is 0.394 e. The average Bonchev–Trinajstić information content (AvgIpc) is 2.93. The molecule has 0 saturated carbocycles. The Morgan fingerprint density at radius 2 is 1.31 bits per heavy atom. The number of benzene rings is 3. The van der Waals surface area contributed by atoms with Crippen molar-refractivity contribution >= 4 is 38.7 Å². The van der Waals surface area contributed by atoms with Crippen molar-refractivity contribution in [1.82, 2.24) is 0 Å². The SMILES string of the molecule is O=C1c2ccccc2C(=O)c2c(NCC(O)C(O)C(O)C(O)CO)c(S(=O)(=O)O)cc(Nc3ccccc3)c21. The normalized spacial score (nSPS) is 16.1. The summed E-state index contributed by atoms with van der Waals surface area (Å²) in [6, 6.07) is 15.3. The molecule has 0 heterocycles. The third kappa shape index (κ3) is 5.55. The van der Waals surface area contributed by atoms with Crippen LogP contribution in [0.2, 0.25) is 0 Å². The van der Waals surface area contributed by atoms with Crippen LogP contribution in [-0.4, -0.2) is 87.6 Å². The van der Waals surface area contributed by atoms with Gasteiger partial charge in [-0.3, -0.25) is 14.1 Å². The summed E-state index contributed by atoms with van der Waals surface area (Å²) in [7, 11) is -5.03. The van der Waals surface area contributed by atoms with Crippen LogP contribution >= 0.6 is 0 Å². The number of aliphatic hydroxyl groups excluding tert-OH is 5. The number of rotatable bonds is 10. The summed E-state index contributed by atoms with van der Waals surface area (Å²) in [4.78, 5) is 26.5. The predicted octanol–water partition coefficient (Wildman–Crippen LogP) is 0.300. The lowest BCUT2D eigenvalue weighted by molar-refractivity contribution is -0.111. The molecule has 1 aliphatic rings. The zero-order chi connectivity index (χ0) is 28.5. The maximum Gasteiger partial charge on any atom is 0.296 e. The first kappa shape index (κ1) is 28.3. The van der Waals surface area contributed by atoms with Crippen LogP contribution in [0.3, 0.4) is 0 Å². The monoisotopic (exact) mass is 558 g/mol. The summed E-state index contributed by atoms with van der Waals surface area (Å²) < 4.78 is 35.0. The summed E-state index contributed by atoms with van der Waals surface area (Å²) in [6.07, 6.45) is -7.60. The van der Waals surface area contributed by atoms with Gasteiger partial charge in [-0.2, -0.15) is 8.42 Å². The first-order valence-corrected chi connectivity index (χ1v) is 13.2. The van der Waals surface area contributed by atoms with Crippen LogP contribution in [0, 0.1) is 0 Å². The molecule has 1 aliphatic carbocycles. The molecule has 8 N–H and O–H groups in total. The number of carbonyl (C=O) groups is 2. The van der Waals surface area contributed by atoms with Gasteiger partial charge in [0.1, 0.15) is 23.2 Å². The smallest absolute Gasteiger partial charge is 0.296 e. The van der Waals surface area contributed by atoms with E-state index in [0.29, 0.717) is 5.69 Å². The molecule has 0 aliphatic heterocycles. The number of hydrogen-bond acceptors (Lipinski definition) is 11. The number of carbonyl (C=O) groups excluding carboxylic acids is 2. The Labute approximate surface area is 222 Å². The van der Waals surface area contributed by atoms with Crippen LogP contribution in [0.1, 0.15) is 31.8 Å². The molecule has 206 valence electrons. The number of hydrogen-bond donors (Lipinski definition) is 8. The molecule has 13 heteroatoms. The molecule has 3 aromatic carbocycles. The van der Waals surface area contributed by atoms with Gasteiger partial charge in [0.25, 0.3) is 10.1 Å². The van der Waals surface area contributed by atoms with Crippen molar-refractivity contribution in [2.45, 2.75) is 29.3 Å². The highest BCUT2D eigenvalue weighted by atomic mass is 32.2. The minimum Gasteiger partial charge on any atom is -0.394 e. The van der Waals surface area contributed by atoms with E-state index >= 15 is 0 Å². The highest BCUT2D eigenvalue weighted by Crippen LogP contribution is 2.41. The second kappa shape index (κ2) is 11.2. The number of anilines is 3. The van der Waals surface area contributed by atoms with Gasteiger partial charge in [-0.1, -0.05) is 42.5 Å². The molecule has 0 radical (unpaired) electrons. The van der Waals surface area contributed by atoms with Crippen LogP contribution in [0.4, 0.5) is 17.1 Å². The summed E-state index contributed by atoms with van der Waals surface area (Å²) in [6.45, 7) is -1.61. The van der Waals surface area contributed by atoms with E-state index in [1.54, 1.807) is 36.4 Å². The van der Waals surface area contributed by atoms with E-state index in [0.717, 1.165) is 6.07 Å². The Balaban J connectivity index is 1.87. The quantitative estimate of drug-likeness (QED) is 0.123. The molecule has 4 unspecified atom stereocenters. The standard InChI is InChI=1S/C26H26N2O10S/c29-12-18(31)26(35)25(34)17(30)11-27-22-19(39(36,37)38)10-16(28-13-6-2-1-3-7-13)20-21(22)24(33)15-9-5-4-8-14(15)23(20)32/h1-10,17-18,25-31,34-35H,11-12H2,(H,36,37,38). The van der Waals surface area contributed by atoms with Crippen molar-refractivity contribution in [3.63, 3.8) is 0 Å². The number of para-hydroxylation sites is 1. The Morgan fingerprint density at radius 3 is 1.87 bits per heavy atom. The van der Waals surface area contributed by atoms with Crippen LogP contribution < -0.4 is 10.6 Å². The first-order chi connectivity index (χ1) is 18.5. The van der Waals surface area contributed by atoms with Gasteiger partial charge in [-0.15, -0.1) is 0 Å². The first-order valence-electron chi connectivity index (χ1n) is 11.7. The number of fused-ring (bicyclic) bond motifs is 2. The average molecular weight is 559 g/mol. The molecule has 0 aromatic heterocycles. The Morgan fingerprint density at radius 1 is 0.769 bits per heavy atom. The van der Waals surface area contributed by atoms with Crippen molar-refractivity contribution in [3.05, 3.63) is 82.9 Å². The molecule has 4 rings (SSSR count). The summed E-state index contributed by atoms with van der Waals surface area (Å²) in [5.41, 5.74) is -0.665. The minimum absolute atomic E-state index is 0.0155. The van der Waals surface area contributed by atoms with Crippen molar-refractivity contribution in [2.24, 2.45) is 0 Å². The molecule has 0 spiro atoms. The van der Waals surface area contributed by atoms with Crippen LogP contribution in [0.5, 0.6) is 0 Å². The number of nitrogens with one attached hydrogen (secondary N) is 2. The van der Waals surface area contributed by atoms with E-state index < -0.39 is 75.4 Å². The topological polar surface area (TPSA) is 214 Å². The lowest BCUT2D eigenvalue weighted by Gasteiger charge is -2.28. The maximum absolute atomic E-state index is 13.7. The second-order valence-electron chi connectivity index (χ2n) is 8.90. The van der Waals surface area contributed by atoms with Gasteiger partial charge >= 0.3 is 0 Å². The van der Waals surface area contributed by atoms with Gasteiger partial charge in [0, 0.05) is 23.4 Å². The molecule has 3 aromatic rings. The molecule has 4 atom stereocenters. The summed E-state index contributed by atoms with van der Waals surface area (Å²) in [5, 5.41) is 54.4. The molecule has 0 fully saturated rings. The van der Waals surface area contributed by atoms with E-state index in [1.807, 2.05) is 0 Å². The summed E-state index contributed by atoms with van der Waals surface area (Å²) in [5.74, 6) is -1.35. The van der Waals surface area contributed by atoms with Gasteiger partial charge < -0.3 is 36.2 Å². The van der Waals surface area contributed by atoms with E-state index in [9.17, 15) is 43.0 Å². The fraction of sp³-hybridized carbons (Fsp3) is 0.231. The van der Waals surface area contributed by atoms with E-state index in [-0.39, 0.29) is 22.4 Å². The van der Waals surface area contributed by atoms with Crippen LogP contribution in [0.25, 0.3) is 0 Å². The molecule has 0 saturated heterocycles. The zero-order valence-electron chi connectivity index (χ0n) is 20.2. The fourth-order valence-electron chi connectivity index (χ4n) is 4.31. The minimum atomic E-state index is -5.03. The van der Waals surface area contributed by atoms with E-state index in [1.165, 1.54) is 18.2 Å². The predicted molar refractivity (Wildman–Crippen MR) is 139 cm³/mol. The molecular weight excluding hydrogens is 532 g/mol. The lowest BCUT2D eigenvalue weighted by atomic mass is 9.82. The van der Waals surface area contributed by atoms with E-state index in [2.05, 4.69) is 10.6 Å². The van der Waals surface area contributed by atoms with Crippen molar-refractivity contribution in [2.75, 3.05) is 23.8 Å². The number of ketones is 2. The number of aliphatic hydroxyl groups is 5. The van der Waals surface area contributed by atoms with Gasteiger partial charge in [-0.05, 0) is 18.2 Å². The van der Waals surface area contributed by atoms with Crippen molar-refractivity contribution in [1.29, 1.82) is 0 Å². The third-order valence-corrected chi connectivity index (χ3v) is 7.18. The van der Waals surface area contributed by atoms with Gasteiger partial charge in [-0.25, -0.2) is 0 Å². The van der Waals surface area contributed by atoms with Crippen molar-refractivity contribution in [3.8, 4) is 0 Å². The third-order valence-electron chi connectivity index (χ3n) is 6.31. The highest BCUT2D eigenvalue weighted by Gasteiger charge is 2.38. The van der Waals surface area contributed by atoms with Gasteiger partial charge in [0.05, 0.1) is 35.2 Å². The lowest BCUT2D eigenvalue weighted by Crippen LogP contribution is -2.48. The van der Waals surface area contributed by atoms with Gasteiger partial charge in [0.2, 0.25) is 0 Å². The fourth-order valence-corrected chi connectivity index (χ4v) is 5.01. The van der Waals surface area contributed by atoms with E-state index in [4.69, 9.17) is 5.11 Å². The molecule has 0 amide bonds. The molecular formula is C26H26N2O10S. The zero-order valence-corrected chi connectivity index (χ0v) is 21.0. The van der Waals surface area contributed by atoms with Crippen molar-refractivity contribution < 1.29 is 48.1 Å². The van der Waals surface area contributed by atoms with Gasteiger partial charge in [0.15, 0.2) is 11.6 Å². The highest BCUT2D eigenvalue weighted by molar-refractivity contribution is 7.86. The summed E-state index contributed by atoms with van der Waals surface area (Å²) >= 11 is 0.